The lowest BCUT2D eigenvalue weighted by atomic mass is 10.0. The second-order valence-electron chi connectivity index (χ2n) is 7.62. The molecule has 0 aliphatic heterocycles. The smallest absolute Gasteiger partial charge is 0.253 e. The number of hydrogen-bond donors (Lipinski definition) is 2. The molecule has 0 spiro atoms. The maximum Gasteiger partial charge on any atom is 0.253 e. The molecule has 0 aliphatic carbocycles. The van der Waals surface area contributed by atoms with Crippen LogP contribution >= 0.6 is 22.9 Å². The number of carbonyl (C=O) groups excluding carboxylic acids is 2. The molecule has 162 valence electrons. The summed E-state index contributed by atoms with van der Waals surface area (Å²) in [6.45, 7) is 4.05. The number of carbonyl (C=O) groups is 2. The van der Waals surface area contributed by atoms with E-state index in [4.69, 9.17) is 11.6 Å². The summed E-state index contributed by atoms with van der Waals surface area (Å²) in [4.78, 5) is 30.3. The lowest BCUT2D eigenvalue weighted by molar-refractivity contribution is -0.116. The van der Waals surface area contributed by atoms with E-state index in [0.717, 1.165) is 26.9 Å². The zero-order valence-corrected chi connectivity index (χ0v) is 19.3. The Morgan fingerprint density at radius 1 is 1.03 bits per heavy atom. The molecule has 0 unspecified atom stereocenters. The van der Waals surface area contributed by atoms with Crippen LogP contribution in [0.25, 0.3) is 10.2 Å². The first-order chi connectivity index (χ1) is 15.4. The van der Waals surface area contributed by atoms with E-state index in [1.165, 1.54) is 11.3 Å². The molecular formula is C25H22ClN3O2S. The van der Waals surface area contributed by atoms with Crippen molar-refractivity contribution in [3.05, 3.63) is 94.0 Å². The highest BCUT2D eigenvalue weighted by molar-refractivity contribution is 7.22. The van der Waals surface area contributed by atoms with Gasteiger partial charge < -0.3 is 10.6 Å². The molecule has 0 saturated heterocycles. The third kappa shape index (κ3) is 4.98. The normalized spacial score (nSPS) is 11.8. The summed E-state index contributed by atoms with van der Waals surface area (Å²) in [5.74, 6) is -0.560. The van der Waals surface area contributed by atoms with Crippen molar-refractivity contribution in [2.45, 2.75) is 26.3 Å². The second-order valence-corrected chi connectivity index (χ2v) is 9.05. The molecule has 0 bridgehead atoms. The van der Waals surface area contributed by atoms with E-state index < -0.39 is 6.04 Å². The molecule has 4 rings (SSSR count). The van der Waals surface area contributed by atoms with Crippen molar-refractivity contribution in [3.8, 4) is 0 Å². The van der Waals surface area contributed by atoms with Gasteiger partial charge in [0.1, 0.15) is 0 Å². The lowest BCUT2D eigenvalue weighted by Crippen LogP contribution is -2.31. The number of rotatable bonds is 6. The van der Waals surface area contributed by atoms with Crippen molar-refractivity contribution < 1.29 is 9.59 Å². The molecule has 1 aromatic heterocycles. The Balaban J connectivity index is 1.53. The molecule has 0 radical (unpaired) electrons. The van der Waals surface area contributed by atoms with E-state index in [2.05, 4.69) is 27.8 Å². The largest absolute Gasteiger partial charge is 0.345 e. The summed E-state index contributed by atoms with van der Waals surface area (Å²) in [7, 11) is 0. The van der Waals surface area contributed by atoms with Gasteiger partial charge in [0.15, 0.2) is 5.13 Å². The zero-order valence-electron chi connectivity index (χ0n) is 17.7. The van der Waals surface area contributed by atoms with Crippen LogP contribution in [0.5, 0.6) is 0 Å². The molecule has 0 saturated carbocycles. The minimum atomic E-state index is -0.515. The summed E-state index contributed by atoms with van der Waals surface area (Å²) in [5.41, 5.74) is 4.32. The summed E-state index contributed by atoms with van der Waals surface area (Å²) < 4.78 is 1.03. The fourth-order valence-corrected chi connectivity index (χ4v) is 4.88. The SMILES string of the molecule is Cc1cc(C)c2nc(NC(=O)C[C@H](NC(=O)c3ccccc3Cl)c3ccccc3)sc2c1. The second kappa shape index (κ2) is 9.51. The average molecular weight is 464 g/mol. The van der Waals surface area contributed by atoms with Gasteiger partial charge in [0.25, 0.3) is 5.91 Å². The van der Waals surface area contributed by atoms with Gasteiger partial charge in [0, 0.05) is 0 Å². The molecule has 5 nitrogen and oxygen atoms in total. The predicted molar refractivity (Wildman–Crippen MR) is 130 cm³/mol. The number of benzene rings is 3. The fraction of sp³-hybridized carbons (Fsp3) is 0.160. The number of nitrogens with one attached hydrogen (secondary N) is 2. The standard InChI is InChI=1S/C25H22ClN3O2S/c1-15-12-16(2)23-21(13-15)32-25(29-23)28-22(30)14-20(17-8-4-3-5-9-17)27-24(31)18-10-6-7-11-19(18)26/h3-13,20H,14H2,1-2H3,(H,27,31)(H,28,29,30)/t20-/m0/s1. The first kappa shape index (κ1) is 22.0. The molecular weight excluding hydrogens is 442 g/mol. The highest BCUT2D eigenvalue weighted by Crippen LogP contribution is 2.30. The molecule has 7 heteroatoms. The van der Waals surface area contributed by atoms with Gasteiger partial charge in [-0.05, 0) is 48.7 Å². The van der Waals surface area contributed by atoms with Crippen molar-refractivity contribution in [2.24, 2.45) is 0 Å². The fourth-order valence-electron chi connectivity index (χ4n) is 3.60. The van der Waals surface area contributed by atoms with Crippen LogP contribution in [0, 0.1) is 13.8 Å². The topological polar surface area (TPSA) is 71.1 Å². The van der Waals surface area contributed by atoms with E-state index in [1.54, 1.807) is 24.3 Å². The van der Waals surface area contributed by atoms with Crippen molar-refractivity contribution in [1.82, 2.24) is 10.3 Å². The highest BCUT2D eigenvalue weighted by atomic mass is 35.5. The number of fused-ring (bicyclic) bond motifs is 1. The minimum Gasteiger partial charge on any atom is -0.345 e. The third-order valence-corrected chi connectivity index (χ3v) is 6.34. The number of aromatic nitrogens is 1. The van der Waals surface area contributed by atoms with Crippen LogP contribution in [0.15, 0.2) is 66.7 Å². The minimum absolute atomic E-state index is 0.0636. The summed E-state index contributed by atoms with van der Waals surface area (Å²) >= 11 is 7.62. The van der Waals surface area contributed by atoms with Gasteiger partial charge >= 0.3 is 0 Å². The summed E-state index contributed by atoms with van der Waals surface area (Å²) in [6, 6.07) is 19.9. The Morgan fingerprint density at radius 2 is 1.75 bits per heavy atom. The number of thiazole rings is 1. The maximum atomic E-state index is 12.9. The maximum absolute atomic E-state index is 12.9. The molecule has 0 aliphatic rings. The van der Waals surface area contributed by atoms with Crippen LogP contribution in [0.1, 0.15) is 39.5 Å². The van der Waals surface area contributed by atoms with Crippen LogP contribution in [-0.4, -0.2) is 16.8 Å². The average Bonchev–Trinajstić information content (AvgIpc) is 3.16. The first-order valence-electron chi connectivity index (χ1n) is 10.2. The van der Waals surface area contributed by atoms with Crippen LogP contribution in [-0.2, 0) is 4.79 Å². The van der Waals surface area contributed by atoms with E-state index >= 15 is 0 Å². The van der Waals surface area contributed by atoms with Gasteiger partial charge in [-0.1, -0.05) is 71.5 Å². The predicted octanol–water partition coefficient (Wildman–Crippen LogP) is 6.07. The molecule has 2 N–H and O–H groups in total. The van der Waals surface area contributed by atoms with Crippen LogP contribution in [0.2, 0.25) is 5.02 Å². The van der Waals surface area contributed by atoms with Gasteiger partial charge in [-0.2, -0.15) is 0 Å². The van der Waals surface area contributed by atoms with E-state index in [0.29, 0.717) is 15.7 Å². The number of halogens is 1. The van der Waals surface area contributed by atoms with Gasteiger partial charge in [0.05, 0.1) is 33.3 Å². The molecule has 32 heavy (non-hydrogen) atoms. The Hall–Kier alpha value is -3.22. The molecule has 0 fully saturated rings. The van der Waals surface area contributed by atoms with E-state index in [9.17, 15) is 9.59 Å². The molecule has 1 heterocycles. The van der Waals surface area contributed by atoms with Gasteiger partial charge in [-0.25, -0.2) is 4.98 Å². The van der Waals surface area contributed by atoms with Crippen molar-refractivity contribution in [2.75, 3.05) is 5.32 Å². The molecule has 3 aromatic carbocycles. The summed E-state index contributed by atoms with van der Waals surface area (Å²) in [6.07, 6.45) is 0.0636. The monoisotopic (exact) mass is 463 g/mol. The van der Waals surface area contributed by atoms with Crippen molar-refractivity contribution in [1.29, 1.82) is 0 Å². The first-order valence-corrected chi connectivity index (χ1v) is 11.4. The number of aryl methyl sites for hydroxylation is 2. The van der Waals surface area contributed by atoms with Crippen molar-refractivity contribution in [3.63, 3.8) is 0 Å². The van der Waals surface area contributed by atoms with Crippen LogP contribution < -0.4 is 10.6 Å². The zero-order chi connectivity index (χ0) is 22.7. The molecule has 1 atom stereocenters. The Labute approximate surface area is 195 Å². The highest BCUT2D eigenvalue weighted by Gasteiger charge is 2.21. The quantitative estimate of drug-likeness (QED) is 0.364. The van der Waals surface area contributed by atoms with Crippen molar-refractivity contribution >= 4 is 50.1 Å². The molecule has 2 amide bonds. The Kier molecular flexibility index (Phi) is 6.53. The Morgan fingerprint density at radius 3 is 2.50 bits per heavy atom. The van der Waals surface area contributed by atoms with E-state index in [1.807, 2.05) is 44.2 Å². The lowest BCUT2D eigenvalue weighted by Gasteiger charge is -2.19. The number of nitrogens with zero attached hydrogens (tertiary/aromatic N) is 1. The van der Waals surface area contributed by atoms with Crippen LogP contribution in [0.4, 0.5) is 5.13 Å². The van der Waals surface area contributed by atoms with E-state index in [-0.39, 0.29) is 18.2 Å². The van der Waals surface area contributed by atoms with Gasteiger partial charge in [-0.15, -0.1) is 0 Å². The number of hydrogen-bond acceptors (Lipinski definition) is 4. The summed E-state index contributed by atoms with van der Waals surface area (Å²) in [5, 5.41) is 6.75. The molecule has 4 aromatic rings. The Bertz CT molecular complexity index is 1290. The van der Waals surface area contributed by atoms with Gasteiger partial charge in [-0.3, -0.25) is 9.59 Å². The third-order valence-electron chi connectivity index (χ3n) is 5.09. The van der Waals surface area contributed by atoms with Gasteiger partial charge in [0.2, 0.25) is 5.91 Å². The number of amides is 2. The van der Waals surface area contributed by atoms with Crippen LogP contribution in [0.3, 0.4) is 0 Å². The number of anilines is 1.